The fraction of sp³-hybridized carbons (Fsp3) is 0.556. The van der Waals surface area contributed by atoms with Gasteiger partial charge in [0.25, 0.3) is 0 Å². The number of halogens is 1. The van der Waals surface area contributed by atoms with E-state index in [4.69, 9.17) is 21.1 Å². The molecule has 0 fully saturated rings. The molecule has 0 saturated heterocycles. The Morgan fingerprint density at radius 2 is 1.92 bits per heavy atom. The van der Waals surface area contributed by atoms with Gasteiger partial charge in [-0.05, 0) is 44.9 Å². The van der Waals surface area contributed by atoms with Gasteiger partial charge in [-0.1, -0.05) is 25.4 Å². The molecule has 0 saturated carbocycles. The average molecular weight is 371 g/mol. The van der Waals surface area contributed by atoms with E-state index in [1.807, 2.05) is 13.8 Å². The van der Waals surface area contributed by atoms with Crippen LogP contribution in [0.4, 0.5) is 10.5 Å². The predicted molar refractivity (Wildman–Crippen MR) is 99.3 cm³/mol. The SMILES string of the molecule is CC(C)COc1ccc(NC(=O)CCNC(=O)OC(C)(C)C)cc1Cl. The fourth-order valence-electron chi connectivity index (χ4n) is 1.77. The van der Waals surface area contributed by atoms with Crippen LogP contribution in [0.5, 0.6) is 5.75 Å². The highest BCUT2D eigenvalue weighted by atomic mass is 35.5. The zero-order valence-corrected chi connectivity index (χ0v) is 16.2. The third-order valence-electron chi connectivity index (χ3n) is 2.81. The summed E-state index contributed by atoms with van der Waals surface area (Å²) in [5.41, 5.74) is 0.00631. The molecule has 0 unspecified atom stereocenters. The van der Waals surface area contributed by atoms with Gasteiger partial charge in [0.05, 0.1) is 11.6 Å². The van der Waals surface area contributed by atoms with E-state index in [0.717, 1.165) is 0 Å². The summed E-state index contributed by atoms with van der Waals surface area (Å²) in [6.45, 7) is 10.2. The lowest BCUT2D eigenvalue weighted by Crippen LogP contribution is -2.34. The van der Waals surface area contributed by atoms with E-state index >= 15 is 0 Å². The molecule has 0 aliphatic heterocycles. The van der Waals surface area contributed by atoms with Crippen LogP contribution in [-0.2, 0) is 9.53 Å². The Bertz CT molecular complexity index is 597. The summed E-state index contributed by atoms with van der Waals surface area (Å²) in [5.74, 6) is 0.746. The van der Waals surface area contributed by atoms with Crippen LogP contribution in [0.1, 0.15) is 41.0 Å². The Labute approximate surface area is 154 Å². The van der Waals surface area contributed by atoms with Crippen molar-refractivity contribution in [3.8, 4) is 5.75 Å². The van der Waals surface area contributed by atoms with Gasteiger partial charge in [-0.25, -0.2) is 4.79 Å². The smallest absolute Gasteiger partial charge is 0.407 e. The zero-order valence-electron chi connectivity index (χ0n) is 15.4. The van der Waals surface area contributed by atoms with E-state index in [2.05, 4.69) is 10.6 Å². The third-order valence-corrected chi connectivity index (χ3v) is 3.10. The van der Waals surface area contributed by atoms with Crippen LogP contribution >= 0.6 is 11.6 Å². The first-order valence-corrected chi connectivity index (χ1v) is 8.63. The van der Waals surface area contributed by atoms with Crippen LogP contribution in [0.3, 0.4) is 0 Å². The lowest BCUT2D eigenvalue weighted by Gasteiger charge is -2.19. The number of carbonyl (C=O) groups is 2. The largest absolute Gasteiger partial charge is 0.492 e. The van der Waals surface area contributed by atoms with Gasteiger partial charge in [0, 0.05) is 18.7 Å². The first kappa shape index (κ1) is 21.1. The maximum atomic E-state index is 11.9. The molecule has 7 heteroatoms. The quantitative estimate of drug-likeness (QED) is 0.753. The number of rotatable bonds is 7. The summed E-state index contributed by atoms with van der Waals surface area (Å²) in [6, 6.07) is 5.08. The van der Waals surface area contributed by atoms with Crippen LogP contribution in [-0.4, -0.2) is 30.8 Å². The minimum atomic E-state index is -0.567. The topological polar surface area (TPSA) is 76.7 Å². The summed E-state index contributed by atoms with van der Waals surface area (Å²) in [6.07, 6.45) is -0.419. The molecule has 0 bridgehead atoms. The van der Waals surface area contributed by atoms with Crippen molar-refractivity contribution in [1.29, 1.82) is 0 Å². The molecule has 0 heterocycles. The molecule has 1 aromatic carbocycles. The van der Waals surface area contributed by atoms with Crippen molar-refractivity contribution < 1.29 is 19.1 Å². The molecular formula is C18H27ClN2O4. The van der Waals surface area contributed by atoms with Gasteiger partial charge in [0.15, 0.2) is 0 Å². The summed E-state index contributed by atoms with van der Waals surface area (Å²) in [5, 5.41) is 5.70. The van der Waals surface area contributed by atoms with Crippen molar-refractivity contribution in [2.24, 2.45) is 5.92 Å². The van der Waals surface area contributed by atoms with Crippen molar-refractivity contribution in [3.05, 3.63) is 23.2 Å². The first-order valence-electron chi connectivity index (χ1n) is 8.26. The molecule has 2 amide bonds. The zero-order chi connectivity index (χ0) is 19.0. The Hall–Kier alpha value is -1.95. The number of carbonyl (C=O) groups excluding carboxylic acids is 2. The Kier molecular flexibility index (Phi) is 8.03. The van der Waals surface area contributed by atoms with Gasteiger partial charge in [-0.2, -0.15) is 0 Å². The van der Waals surface area contributed by atoms with Crippen molar-refractivity contribution in [1.82, 2.24) is 5.32 Å². The minimum Gasteiger partial charge on any atom is -0.492 e. The van der Waals surface area contributed by atoms with Crippen LogP contribution in [0.25, 0.3) is 0 Å². The van der Waals surface area contributed by atoms with Crippen LogP contribution in [0, 0.1) is 5.92 Å². The average Bonchev–Trinajstić information content (AvgIpc) is 2.44. The van der Waals surface area contributed by atoms with E-state index in [0.29, 0.717) is 29.0 Å². The van der Waals surface area contributed by atoms with E-state index in [-0.39, 0.29) is 18.9 Å². The number of ether oxygens (including phenoxy) is 2. The predicted octanol–water partition coefficient (Wildman–Crippen LogP) is 4.23. The summed E-state index contributed by atoms with van der Waals surface area (Å²) < 4.78 is 10.7. The second-order valence-corrected chi connectivity index (χ2v) is 7.48. The van der Waals surface area contributed by atoms with Crippen LogP contribution < -0.4 is 15.4 Å². The molecule has 0 radical (unpaired) electrons. The van der Waals surface area contributed by atoms with E-state index in [1.165, 1.54) is 0 Å². The lowest BCUT2D eigenvalue weighted by molar-refractivity contribution is -0.116. The summed E-state index contributed by atoms with van der Waals surface area (Å²) >= 11 is 6.15. The fourth-order valence-corrected chi connectivity index (χ4v) is 2.00. The molecule has 0 aliphatic carbocycles. The standard InChI is InChI=1S/C18H27ClN2O4/c1-12(2)11-24-15-7-6-13(10-14(15)19)21-16(22)8-9-20-17(23)25-18(3,4)5/h6-7,10,12H,8-9,11H2,1-5H3,(H,20,23)(H,21,22). The molecule has 0 aromatic heterocycles. The Morgan fingerprint density at radius 3 is 2.48 bits per heavy atom. The van der Waals surface area contributed by atoms with Crippen LogP contribution in [0.2, 0.25) is 5.02 Å². The molecule has 0 atom stereocenters. The molecule has 25 heavy (non-hydrogen) atoms. The molecular weight excluding hydrogens is 344 g/mol. The van der Waals surface area contributed by atoms with Gasteiger partial charge >= 0.3 is 6.09 Å². The molecule has 2 N–H and O–H groups in total. The number of amides is 2. The Morgan fingerprint density at radius 1 is 1.24 bits per heavy atom. The number of nitrogens with one attached hydrogen (secondary N) is 2. The van der Waals surface area contributed by atoms with Crippen molar-refractivity contribution >= 4 is 29.3 Å². The van der Waals surface area contributed by atoms with Crippen LogP contribution in [0.15, 0.2) is 18.2 Å². The first-order chi connectivity index (χ1) is 11.6. The van der Waals surface area contributed by atoms with Crippen molar-refractivity contribution in [2.75, 3.05) is 18.5 Å². The van der Waals surface area contributed by atoms with Gasteiger partial charge in [-0.3, -0.25) is 4.79 Å². The highest BCUT2D eigenvalue weighted by Gasteiger charge is 2.16. The number of anilines is 1. The minimum absolute atomic E-state index is 0.127. The monoisotopic (exact) mass is 370 g/mol. The maximum absolute atomic E-state index is 11.9. The number of alkyl carbamates (subject to hydrolysis) is 1. The summed E-state index contributed by atoms with van der Waals surface area (Å²) in [4.78, 5) is 23.4. The number of benzene rings is 1. The van der Waals surface area contributed by atoms with Gasteiger partial charge < -0.3 is 20.1 Å². The van der Waals surface area contributed by atoms with Gasteiger partial charge in [0.1, 0.15) is 11.4 Å². The molecule has 0 spiro atoms. The molecule has 140 valence electrons. The van der Waals surface area contributed by atoms with E-state index in [1.54, 1.807) is 39.0 Å². The third kappa shape index (κ3) is 9.19. The highest BCUT2D eigenvalue weighted by Crippen LogP contribution is 2.28. The molecule has 1 aromatic rings. The summed E-state index contributed by atoms with van der Waals surface area (Å²) in [7, 11) is 0. The Balaban J connectivity index is 2.42. The van der Waals surface area contributed by atoms with Gasteiger partial charge in [-0.15, -0.1) is 0 Å². The number of hydrogen-bond acceptors (Lipinski definition) is 4. The van der Waals surface area contributed by atoms with Gasteiger partial charge in [0.2, 0.25) is 5.91 Å². The second-order valence-electron chi connectivity index (χ2n) is 7.08. The van der Waals surface area contributed by atoms with E-state index < -0.39 is 11.7 Å². The molecule has 6 nitrogen and oxygen atoms in total. The van der Waals surface area contributed by atoms with E-state index in [9.17, 15) is 9.59 Å². The number of hydrogen-bond donors (Lipinski definition) is 2. The van der Waals surface area contributed by atoms with Crippen molar-refractivity contribution in [3.63, 3.8) is 0 Å². The second kappa shape index (κ2) is 9.51. The normalized spacial score (nSPS) is 11.2. The highest BCUT2D eigenvalue weighted by molar-refractivity contribution is 6.32. The lowest BCUT2D eigenvalue weighted by atomic mass is 10.2. The molecule has 0 aliphatic rings. The maximum Gasteiger partial charge on any atom is 0.407 e. The van der Waals surface area contributed by atoms with Crippen molar-refractivity contribution in [2.45, 2.75) is 46.6 Å². The molecule has 1 rings (SSSR count).